The van der Waals surface area contributed by atoms with Gasteiger partial charge in [-0.3, -0.25) is 0 Å². The molecule has 1 aromatic carbocycles. The normalized spacial score (nSPS) is 33.3. The maximum Gasteiger partial charge on any atom is 0.0882 e. The SMILES string of the molecule is CC(C)(C)CC(CP)c1ccc(C(C)(C)OC23CC4CC(CC(C4)C2)C3)cc1. The highest BCUT2D eigenvalue weighted by atomic mass is 31.0. The van der Waals surface area contributed by atoms with E-state index in [2.05, 4.69) is 68.1 Å². The summed E-state index contributed by atoms with van der Waals surface area (Å²) in [7, 11) is 2.95. The highest BCUT2D eigenvalue weighted by Crippen LogP contribution is 2.58. The molecule has 0 spiro atoms. The number of benzene rings is 1. The zero-order valence-corrected chi connectivity index (χ0v) is 19.9. The van der Waals surface area contributed by atoms with Crippen molar-refractivity contribution in [2.24, 2.45) is 23.2 Å². The Hall–Kier alpha value is -0.390. The second kappa shape index (κ2) is 7.39. The van der Waals surface area contributed by atoms with E-state index in [1.54, 1.807) is 0 Å². The molecule has 4 fully saturated rings. The smallest absolute Gasteiger partial charge is 0.0882 e. The fourth-order valence-corrected chi connectivity index (χ4v) is 7.43. The summed E-state index contributed by atoms with van der Waals surface area (Å²) in [4.78, 5) is 0. The van der Waals surface area contributed by atoms with Crippen molar-refractivity contribution in [3.8, 4) is 0 Å². The second-order valence-electron chi connectivity index (χ2n) is 12.0. The van der Waals surface area contributed by atoms with Crippen molar-refractivity contribution in [3.63, 3.8) is 0 Å². The largest absolute Gasteiger partial charge is 0.364 e. The van der Waals surface area contributed by atoms with Crippen molar-refractivity contribution in [2.45, 2.75) is 96.7 Å². The minimum Gasteiger partial charge on any atom is -0.364 e. The topological polar surface area (TPSA) is 9.23 Å². The highest BCUT2D eigenvalue weighted by Gasteiger charge is 2.53. The monoisotopic (exact) mass is 400 g/mol. The maximum absolute atomic E-state index is 7.03. The zero-order valence-electron chi connectivity index (χ0n) is 18.8. The van der Waals surface area contributed by atoms with Crippen LogP contribution >= 0.6 is 9.24 Å². The summed E-state index contributed by atoms with van der Waals surface area (Å²) in [5.41, 5.74) is 3.13. The van der Waals surface area contributed by atoms with E-state index in [1.165, 1.54) is 56.1 Å². The molecule has 1 aromatic rings. The van der Waals surface area contributed by atoms with Crippen molar-refractivity contribution < 1.29 is 4.74 Å². The Kier molecular flexibility index (Phi) is 5.50. The molecule has 0 aliphatic heterocycles. The first-order chi connectivity index (χ1) is 13.1. The Bertz CT molecular complexity index is 646. The Morgan fingerprint density at radius 2 is 1.43 bits per heavy atom. The van der Waals surface area contributed by atoms with Crippen LogP contribution in [0.1, 0.15) is 96.6 Å². The number of hydrogen-bond acceptors (Lipinski definition) is 1. The molecule has 2 atom stereocenters. The molecule has 28 heavy (non-hydrogen) atoms. The fourth-order valence-electron chi connectivity index (χ4n) is 6.99. The first-order valence-electron chi connectivity index (χ1n) is 11.6. The van der Waals surface area contributed by atoms with Gasteiger partial charge < -0.3 is 4.74 Å². The van der Waals surface area contributed by atoms with Crippen LogP contribution in [0.2, 0.25) is 0 Å². The third-order valence-electron chi connectivity index (χ3n) is 7.67. The summed E-state index contributed by atoms with van der Waals surface area (Å²) in [5, 5.41) is 0. The Balaban J connectivity index is 1.49. The number of ether oxygens (including phenoxy) is 1. The van der Waals surface area contributed by atoms with Gasteiger partial charge in [0, 0.05) is 0 Å². The van der Waals surface area contributed by atoms with Gasteiger partial charge in [0.25, 0.3) is 0 Å². The van der Waals surface area contributed by atoms with Crippen LogP contribution in [0.5, 0.6) is 0 Å². The summed E-state index contributed by atoms with van der Waals surface area (Å²) in [5.74, 6) is 3.42. The van der Waals surface area contributed by atoms with E-state index in [1.807, 2.05) is 0 Å². The molecule has 0 aromatic heterocycles. The molecule has 2 heteroatoms. The van der Waals surface area contributed by atoms with Gasteiger partial charge >= 0.3 is 0 Å². The molecule has 0 saturated heterocycles. The molecule has 0 heterocycles. The molecule has 0 amide bonds. The quantitative estimate of drug-likeness (QED) is 0.455. The first-order valence-corrected chi connectivity index (χ1v) is 12.4. The first kappa shape index (κ1) is 20.9. The van der Waals surface area contributed by atoms with Crippen LogP contribution in [0.4, 0.5) is 0 Å². The van der Waals surface area contributed by atoms with Crippen molar-refractivity contribution >= 4 is 9.24 Å². The summed E-state index contributed by atoms with van der Waals surface area (Å²) < 4.78 is 7.03. The molecular formula is C26H41OP. The van der Waals surface area contributed by atoms with E-state index in [-0.39, 0.29) is 11.2 Å². The van der Waals surface area contributed by atoms with E-state index in [0.29, 0.717) is 11.3 Å². The molecule has 2 unspecified atom stereocenters. The van der Waals surface area contributed by atoms with Gasteiger partial charge in [-0.2, -0.15) is 0 Å². The summed E-state index contributed by atoms with van der Waals surface area (Å²) in [6.07, 6.45) is 10.7. The van der Waals surface area contributed by atoms with Gasteiger partial charge in [0.15, 0.2) is 0 Å². The summed E-state index contributed by atoms with van der Waals surface area (Å²) in [6, 6.07) is 9.40. The molecule has 5 rings (SSSR count). The third kappa shape index (κ3) is 4.37. The standard InChI is InChI=1S/C26H41OP/c1-24(2,3)16-22(17-28)21-6-8-23(9-7-21)25(4,5)27-26-13-18-10-19(14-26)12-20(11-18)15-26/h6-9,18-20,22H,10-17,28H2,1-5H3. The van der Waals surface area contributed by atoms with Crippen LogP contribution in [0.25, 0.3) is 0 Å². The zero-order chi connectivity index (χ0) is 20.2. The van der Waals surface area contributed by atoms with Gasteiger partial charge in [-0.15, -0.1) is 9.24 Å². The lowest BCUT2D eigenvalue weighted by Gasteiger charge is -2.58. The van der Waals surface area contributed by atoms with Crippen molar-refractivity contribution in [1.29, 1.82) is 0 Å². The molecule has 1 nitrogen and oxygen atoms in total. The highest BCUT2D eigenvalue weighted by molar-refractivity contribution is 7.16. The van der Waals surface area contributed by atoms with E-state index in [0.717, 1.165) is 23.9 Å². The van der Waals surface area contributed by atoms with Crippen LogP contribution in [0.15, 0.2) is 24.3 Å². The lowest BCUT2D eigenvalue weighted by atomic mass is 9.54. The van der Waals surface area contributed by atoms with Gasteiger partial charge in [0.1, 0.15) is 0 Å². The molecule has 4 aliphatic carbocycles. The van der Waals surface area contributed by atoms with Gasteiger partial charge in [-0.05, 0) is 105 Å². The van der Waals surface area contributed by atoms with Gasteiger partial charge in [-0.25, -0.2) is 0 Å². The van der Waals surface area contributed by atoms with E-state index >= 15 is 0 Å². The maximum atomic E-state index is 7.03. The Morgan fingerprint density at radius 3 is 1.86 bits per heavy atom. The fraction of sp³-hybridized carbons (Fsp3) is 0.769. The van der Waals surface area contributed by atoms with Crippen molar-refractivity contribution in [2.75, 3.05) is 6.16 Å². The van der Waals surface area contributed by atoms with Crippen LogP contribution in [-0.4, -0.2) is 11.8 Å². The molecule has 0 radical (unpaired) electrons. The third-order valence-corrected chi connectivity index (χ3v) is 8.24. The van der Waals surface area contributed by atoms with Crippen LogP contribution in [-0.2, 0) is 10.3 Å². The number of hydrogen-bond donors (Lipinski definition) is 0. The number of rotatable bonds is 6. The van der Waals surface area contributed by atoms with E-state index in [4.69, 9.17) is 4.74 Å². The molecule has 4 aliphatic rings. The van der Waals surface area contributed by atoms with E-state index in [9.17, 15) is 0 Å². The van der Waals surface area contributed by atoms with Crippen LogP contribution < -0.4 is 0 Å². The van der Waals surface area contributed by atoms with Crippen molar-refractivity contribution in [3.05, 3.63) is 35.4 Å². The molecule has 4 bridgehead atoms. The lowest BCUT2D eigenvalue weighted by molar-refractivity contribution is -0.219. The second-order valence-corrected chi connectivity index (χ2v) is 12.5. The predicted molar refractivity (Wildman–Crippen MR) is 123 cm³/mol. The summed E-state index contributed by atoms with van der Waals surface area (Å²) in [6.45, 7) is 11.6. The van der Waals surface area contributed by atoms with E-state index < -0.39 is 0 Å². The summed E-state index contributed by atoms with van der Waals surface area (Å²) >= 11 is 0. The average Bonchev–Trinajstić information content (AvgIpc) is 2.57. The van der Waals surface area contributed by atoms with Gasteiger partial charge in [0.2, 0.25) is 0 Å². The predicted octanol–water partition coefficient (Wildman–Crippen LogP) is 7.30. The van der Waals surface area contributed by atoms with Crippen LogP contribution in [0.3, 0.4) is 0 Å². The molecule has 4 saturated carbocycles. The minimum atomic E-state index is -0.204. The molecular weight excluding hydrogens is 359 g/mol. The van der Waals surface area contributed by atoms with Gasteiger partial charge in [-0.1, -0.05) is 45.0 Å². The Morgan fingerprint density at radius 1 is 0.929 bits per heavy atom. The molecule has 156 valence electrons. The van der Waals surface area contributed by atoms with Crippen molar-refractivity contribution in [1.82, 2.24) is 0 Å². The van der Waals surface area contributed by atoms with Gasteiger partial charge in [0.05, 0.1) is 11.2 Å². The van der Waals surface area contributed by atoms with Crippen LogP contribution in [0, 0.1) is 23.2 Å². The molecule has 0 N–H and O–H groups in total. The lowest BCUT2D eigenvalue weighted by Crippen LogP contribution is -2.54. The minimum absolute atomic E-state index is 0.158. The average molecular weight is 401 g/mol. The Labute approximate surface area is 175 Å².